The first-order valence-corrected chi connectivity index (χ1v) is 5.34. The lowest BCUT2D eigenvalue weighted by Crippen LogP contribution is -2.19. The van der Waals surface area contributed by atoms with E-state index in [4.69, 9.17) is 0 Å². The van der Waals surface area contributed by atoms with Crippen LogP contribution in [0.15, 0.2) is 24.3 Å². The average Bonchev–Trinajstić information content (AvgIpc) is 2.25. The van der Waals surface area contributed by atoms with E-state index in [-0.39, 0.29) is 11.4 Å². The molecule has 0 aromatic heterocycles. The van der Waals surface area contributed by atoms with Crippen LogP contribution < -0.4 is 5.32 Å². The van der Waals surface area contributed by atoms with Crippen molar-refractivity contribution in [2.24, 2.45) is 5.41 Å². The molecule has 0 saturated heterocycles. The van der Waals surface area contributed by atoms with Crippen molar-refractivity contribution in [1.82, 2.24) is 0 Å². The van der Waals surface area contributed by atoms with E-state index < -0.39 is 0 Å². The van der Waals surface area contributed by atoms with Gasteiger partial charge in [0.1, 0.15) is 0 Å². The number of ether oxygens (including phenoxy) is 1. The van der Waals surface area contributed by atoms with Gasteiger partial charge in [-0.25, -0.2) is 4.79 Å². The molecule has 0 aliphatic heterocycles. The number of benzene rings is 1. The maximum atomic E-state index is 11.3. The van der Waals surface area contributed by atoms with Crippen molar-refractivity contribution in [3.63, 3.8) is 0 Å². The molecular weight excluding hydrogens is 202 g/mol. The molecule has 1 aromatic carbocycles. The fraction of sp³-hybridized carbons (Fsp3) is 0.462. The Morgan fingerprint density at radius 1 is 1.38 bits per heavy atom. The number of hydrogen-bond donors (Lipinski definition) is 1. The number of rotatable bonds is 3. The summed E-state index contributed by atoms with van der Waals surface area (Å²) >= 11 is 0. The van der Waals surface area contributed by atoms with Crippen molar-refractivity contribution in [3.05, 3.63) is 29.8 Å². The van der Waals surface area contributed by atoms with E-state index in [2.05, 4.69) is 30.8 Å². The van der Waals surface area contributed by atoms with Crippen LogP contribution in [-0.4, -0.2) is 19.6 Å². The number of carbonyl (C=O) groups excluding carboxylic acids is 1. The van der Waals surface area contributed by atoms with Crippen LogP contribution in [0.5, 0.6) is 0 Å². The minimum Gasteiger partial charge on any atom is -0.465 e. The zero-order valence-corrected chi connectivity index (χ0v) is 10.3. The summed E-state index contributed by atoms with van der Waals surface area (Å²) < 4.78 is 4.67. The van der Waals surface area contributed by atoms with Gasteiger partial charge < -0.3 is 10.1 Å². The van der Waals surface area contributed by atoms with Gasteiger partial charge in [-0.3, -0.25) is 0 Å². The van der Waals surface area contributed by atoms with Gasteiger partial charge in [0.25, 0.3) is 0 Å². The number of carbonyl (C=O) groups is 1. The Morgan fingerprint density at radius 2 is 2.06 bits per heavy atom. The maximum absolute atomic E-state index is 11.3. The molecule has 0 atom stereocenters. The van der Waals surface area contributed by atoms with Crippen molar-refractivity contribution in [2.75, 3.05) is 19.0 Å². The summed E-state index contributed by atoms with van der Waals surface area (Å²) in [6.45, 7) is 7.33. The molecule has 0 amide bonds. The van der Waals surface area contributed by atoms with E-state index in [0.717, 1.165) is 12.2 Å². The van der Waals surface area contributed by atoms with E-state index >= 15 is 0 Å². The first-order chi connectivity index (χ1) is 7.42. The lowest BCUT2D eigenvalue weighted by atomic mass is 9.97. The zero-order chi connectivity index (χ0) is 12.2. The van der Waals surface area contributed by atoms with Crippen LogP contribution in [0.3, 0.4) is 0 Å². The molecule has 16 heavy (non-hydrogen) atoms. The Hall–Kier alpha value is -1.51. The summed E-state index contributed by atoms with van der Waals surface area (Å²) in [4.78, 5) is 11.3. The molecule has 1 aromatic rings. The third kappa shape index (κ3) is 3.93. The SMILES string of the molecule is COC(=O)c1cccc(NCC(C)(C)C)c1. The van der Waals surface area contributed by atoms with Gasteiger partial charge in [0.2, 0.25) is 0 Å². The van der Waals surface area contributed by atoms with Gasteiger partial charge in [0.05, 0.1) is 12.7 Å². The second kappa shape index (κ2) is 5.01. The van der Waals surface area contributed by atoms with Gasteiger partial charge in [0.15, 0.2) is 0 Å². The minimum atomic E-state index is -0.306. The number of esters is 1. The molecule has 0 heterocycles. The molecule has 3 heteroatoms. The van der Waals surface area contributed by atoms with Gasteiger partial charge >= 0.3 is 5.97 Å². The lowest BCUT2D eigenvalue weighted by Gasteiger charge is -2.19. The Balaban J connectivity index is 2.71. The van der Waals surface area contributed by atoms with Gasteiger partial charge in [-0.15, -0.1) is 0 Å². The summed E-state index contributed by atoms with van der Waals surface area (Å²) in [5.41, 5.74) is 1.72. The molecule has 0 saturated carbocycles. The normalized spacial score (nSPS) is 11.0. The molecule has 1 rings (SSSR count). The minimum absolute atomic E-state index is 0.210. The van der Waals surface area contributed by atoms with Crippen molar-refractivity contribution in [2.45, 2.75) is 20.8 Å². The smallest absolute Gasteiger partial charge is 0.337 e. The third-order valence-electron chi connectivity index (χ3n) is 2.11. The molecule has 0 bridgehead atoms. The summed E-state index contributed by atoms with van der Waals surface area (Å²) in [6.07, 6.45) is 0. The standard InChI is InChI=1S/C13H19NO2/c1-13(2,3)9-14-11-7-5-6-10(8-11)12(15)16-4/h5-8,14H,9H2,1-4H3. The van der Waals surface area contributed by atoms with Crippen LogP contribution in [0.2, 0.25) is 0 Å². The summed E-state index contributed by atoms with van der Waals surface area (Å²) in [5, 5.41) is 3.30. The molecule has 1 N–H and O–H groups in total. The number of anilines is 1. The molecular formula is C13H19NO2. The molecule has 3 nitrogen and oxygen atoms in total. The van der Waals surface area contributed by atoms with Crippen LogP contribution in [0.25, 0.3) is 0 Å². The molecule has 0 spiro atoms. The van der Waals surface area contributed by atoms with Crippen LogP contribution in [0.1, 0.15) is 31.1 Å². The maximum Gasteiger partial charge on any atom is 0.337 e. The van der Waals surface area contributed by atoms with E-state index in [9.17, 15) is 4.79 Å². The van der Waals surface area contributed by atoms with Crippen LogP contribution >= 0.6 is 0 Å². The highest BCUT2D eigenvalue weighted by molar-refractivity contribution is 5.90. The van der Waals surface area contributed by atoms with Crippen molar-refractivity contribution < 1.29 is 9.53 Å². The van der Waals surface area contributed by atoms with Crippen LogP contribution in [0, 0.1) is 5.41 Å². The highest BCUT2D eigenvalue weighted by Gasteiger charge is 2.10. The number of nitrogens with one attached hydrogen (secondary N) is 1. The highest BCUT2D eigenvalue weighted by Crippen LogP contribution is 2.16. The molecule has 88 valence electrons. The third-order valence-corrected chi connectivity index (χ3v) is 2.11. The number of methoxy groups -OCH3 is 1. The average molecular weight is 221 g/mol. The Bertz CT molecular complexity index is 366. The van der Waals surface area contributed by atoms with Crippen molar-refractivity contribution >= 4 is 11.7 Å². The van der Waals surface area contributed by atoms with Gasteiger partial charge in [-0.1, -0.05) is 26.8 Å². The van der Waals surface area contributed by atoms with E-state index in [0.29, 0.717) is 5.56 Å². The quantitative estimate of drug-likeness (QED) is 0.797. The fourth-order valence-corrected chi connectivity index (χ4v) is 1.24. The van der Waals surface area contributed by atoms with Gasteiger partial charge in [0, 0.05) is 12.2 Å². The monoisotopic (exact) mass is 221 g/mol. The molecule has 0 fully saturated rings. The highest BCUT2D eigenvalue weighted by atomic mass is 16.5. The van der Waals surface area contributed by atoms with E-state index in [1.54, 1.807) is 12.1 Å². The largest absolute Gasteiger partial charge is 0.465 e. The topological polar surface area (TPSA) is 38.3 Å². The summed E-state index contributed by atoms with van der Waals surface area (Å²) in [6, 6.07) is 7.33. The first kappa shape index (κ1) is 12.6. The van der Waals surface area contributed by atoms with Crippen LogP contribution in [0.4, 0.5) is 5.69 Å². The van der Waals surface area contributed by atoms with Crippen LogP contribution in [-0.2, 0) is 4.74 Å². The Kier molecular flexibility index (Phi) is 3.93. The molecule has 0 unspecified atom stereocenters. The first-order valence-electron chi connectivity index (χ1n) is 5.34. The lowest BCUT2D eigenvalue weighted by molar-refractivity contribution is 0.0601. The van der Waals surface area contributed by atoms with Crippen molar-refractivity contribution in [3.8, 4) is 0 Å². The molecule has 0 aliphatic carbocycles. The zero-order valence-electron chi connectivity index (χ0n) is 10.3. The molecule has 0 aliphatic rings. The second-order valence-electron chi connectivity index (χ2n) is 4.99. The predicted molar refractivity (Wildman–Crippen MR) is 65.7 cm³/mol. The molecule has 0 radical (unpaired) electrons. The number of hydrogen-bond acceptors (Lipinski definition) is 3. The Morgan fingerprint density at radius 3 is 2.62 bits per heavy atom. The van der Waals surface area contributed by atoms with Gasteiger partial charge in [-0.2, -0.15) is 0 Å². The summed E-state index contributed by atoms with van der Waals surface area (Å²) in [5.74, 6) is -0.306. The van der Waals surface area contributed by atoms with E-state index in [1.165, 1.54) is 7.11 Å². The second-order valence-corrected chi connectivity index (χ2v) is 4.99. The van der Waals surface area contributed by atoms with Crippen molar-refractivity contribution in [1.29, 1.82) is 0 Å². The summed E-state index contributed by atoms with van der Waals surface area (Å²) in [7, 11) is 1.39. The Labute approximate surface area is 96.8 Å². The predicted octanol–water partition coefficient (Wildman–Crippen LogP) is 2.93. The van der Waals surface area contributed by atoms with E-state index in [1.807, 2.05) is 12.1 Å². The van der Waals surface area contributed by atoms with Gasteiger partial charge in [-0.05, 0) is 23.6 Å². The fourth-order valence-electron chi connectivity index (χ4n) is 1.24.